The van der Waals surface area contributed by atoms with Crippen molar-refractivity contribution in [3.8, 4) is 0 Å². The van der Waals surface area contributed by atoms with Gasteiger partial charge in [0.15, 0.2) is 14.1 Å². The first-order valence-corrected chi connectivity index (χ1v) is 14.4. The van der Waals surface area contributed by atoms with Crippen LogP contribution in [-0.4, -0.2) is 52.7 Å². The lowest BCUT2D eigenvalue weighted by Crippen LogP contribution is -2.67. The average Bonchev–Trinajstić information content (AvgIpc) is 3.10. The van der Waals surface area contributed by atoms with E-state index in [0.29, 0.717) is 0 Å². The summed E-state index contributed by atoms with van der Waals surface area (Å²) in [6, 6.07) is 19.3. The minimum Gasteiger partial charge on any atom is -0.389 e. The normalized spacial score (nSPS) is 24.4. The van der Waals surface area contributed by atoms with Gasteiger partial charge in [-0.15, -0.1) is 0 Å². The molecule has 1 aliphatic rings. The summed E-state index contributed by atoms with van der Waals surface area (Å²) in [6.07, 6.45) is -0.618. The lowest BCUT2D eigenvalue weighted by molar-refractivity contribution is -0.113. The highest BCUT2D eigenvalue weighted by Crippen LogP contribution is 2.42. The molecule has 0 unspecified atom stereocenters. The third-order valence-corrected chi connectivity index (χ3v) is 11.7. The second-order valence-corrected chi connectivity index (χ2v) is 13.9. The van der Waals surface area contributed by atoms with Crippen LogP contribution < -0.4 is 21.6 Å². The molecule has 4 atom stereocenters. The predicted molar refractivity (Wildman–Crippen MR) is 143 cm³/mol. The molecule has 0 radical (unpaired) electrons. The van der Waals surface area contributed by atoms with Gasteiger partial charge in [0.2, 0.25) is 0 Å². The van der Waals surface area contributed by atoms with Crippen molar-refractivity contribution >= 4 is 35.1 Å². The Morgan fingerprint density at radius 2 is 1.67 bits per heavy atom. The number of aromatic nitrogens is 2. The molecule has 1 aromatic heterocycles. The maximum Gasteiger partial charge on any atom is 0.330 e. The van der Waals surface area contributed by atoms with E-state index in [4.69, 9.17) is 9.47 Å². The van der Waals surface area contributed by atoms with Crippen molar-refractivity contribution in [2.24, 2.45) is 0 Å². The van der Waals surface area contributed by atoms with Gasteiger partial charge in [-0.2, -0.15) is 0 Å². The number of aromatic amines is 1. The van der Waals surface area contributed by atoms with Crippen LogP contribution in [0.2, 0.25) is 0 Å². The van der Waals surface area contributed by atoms with Crippen molar-refractivity contribution in [1.82, 2.24) is 9.55 Å². The van der Waals surface area contributed by atoms with Gasteiger partial charge in [-0.25, -0.2) is 9.18 Å². The second kappa shape index (κ2) is 10.5. The van der Waals surface area contributed by atoms with E-state index in [9.17, 15) is 19.1 Å². The zero-order chi connectivity index (χ0) is 26.1. The van der Waals surface area contributed by atoms with Crippen molar-refractivity contribution in [2.45, 2.75) is 55.4 Å². The zero-order valence-electron chi connectivity index (χ0n) is 20.4. The molecule has 1 aliphatic heterocycles. The molecule has 2 heterocycles. The van der Waals surface area contributed by atoms with Gasteiger partial charge < -0.3 is 14.6 Å². The van der Waals surface area contributed by atoms with E-state index in [0.717, 1.165) is 10.4 Å². The summed E-state index contributed by atoms with van der Waals surface area (Å²) < 4.78 is 27.7. The smallest absolute Gasteiger partial charge is 0.330 e. The average molecular weight is 578 g/mol. The van der Waals surface area contributed by atoms with Crippen molar-refractivity contribution in [1.29, 1.82) is 0 Å². The number of aliphatic hydroxyl groups excluding tert-OH is 1. The van der Waals surface area contributed by atoms with Crippen LogP contribution in [0.3, 0.4) is 0 Å². The lowest BCUT2D eigenvalue weighted by Gasteiger charge is -2.41. The van der Waals surface area contributed by atoms with Gasteiger partial charge in [-0.05, 0) is 20.8 Å². The first kappa shape index (κ1) is 26.7. The molecule has 2 N–H and O–H groups in total. The molecule has 0 aliphatic carbocycles. The quantitative estimate of drug-likeness (QED) is 0.329. The van der Waals surface area contributed by atoms with Gasteiger partial charge in [0.25, 0.3) is 5.56 Å². The highest BCUT2D eigenvalue weighted by molar-refractivity contribution is 9.09. The van der Waals surface area contributed by atoms with Gasteiger partial charge in [-0.1, -0.05) is 87.0 Å². The molecule has 4 rings (SSSR count). The van der Waals surface area contributed by atoms with Crippen LogP contribution in [0, 0.1) is 0 Å². The van der Waals surface area contributed by atoms with Crippen LogP contribution >= 0.6 is 15.9 Å². The van der Waals surface area contributed by atoms with Crippen molar-refractivity contribution in [3.05, 3.63) is 93.3 Å². The van der Waals surface area contributed by atoms with E-state index in [1.807, 2.05) is 81.4 Å². The summed E-state index contributed by atoms with van der Waals surface area (Å²) in [5, 5.41) is 11.8. The van der Waals surface area contributed by atoms with Crippen molar-refractivity contribution < 1.29 is 19.0 Å². The standard InChI is InChI=1S/C26H30BrFN2O5Si/c1-25(2,3)34-16-20-21(31)22(27)26(35-20,30-15-17(14-28)23(32)29-24(30)33)36(18-10-6-4-7-11-18)19-12-8-5-9-13-19/h4-13,15,20-22,31,36H,14,16H2,1-3H3,(H,29,32,33)/t20-,21-,22-,26+/m1/s1. The number of hydrogen-bond acceptors (Lipinski definition) is 5. The first-order chi connectivity index (χ1) is 17.1. The molecule has 1 fully saturated rings. The number of alkyl halides is 2. The summed E-state index contributed by atoms with van der Waals surface area (Å²) in [5.41, 5.74) is -2.21. The fraction of sp³-hybridized carbons (Fsp3) is 0.385. The molecular weight excluding hydrogens is 547 g/mol. The molecule has 7 nitrogen and oxygen atoms in total. The Balaban J connectivity index is 2.00. The summed E-state index contributed by atoms with van der Waals surface area (Å²) >= 11 is 3.68. The molecule has 0 amide bonds. The molecule has 1 saturated heterocycles. The fourth-order valence-electron chi connectivity index (χ4n) is 4.66. The fourth-order valence-corrected chi connectivity index (χ4v) is 9.97. The van der Waals surface area contributed by atoms with Crippen LogP contribution in [-0.2, 0) is 21.5 Å². The van der Waals surface area contributed by atoms with Gasteiger partial charge in [0.1, 0.15) is 12.8 Å². The molecule has 192 valence electrons. The lowest BCUT2D eigenvalue weighted by atomic mass is 10.1. The number of halogens is 2. The van der Waals surface area contributed by atoms with Crippen LogP contribution in [0.4, 0.5) is 4.39 Å². The number of ether oxygens (including phenoxy) is 2. The topological polar surface area (TPSA) is 93.5 Å². The number of benzene rings is 2. The predicted octanol–water partition coefficient (Wildman–Crippen LogP) is 1.58. The van der Waals surface area contributed by atoms with Gasteiger partial charge in [0, 0.05) is 6.20 Å². The summed E-state index contributed by atoms with van der Waals surface area (Å²) in [6.45, 7) is 4.73. The number of hydrogen-bond donors (Lipinski definition) is 2. The SMILES string of the molecule is CC(C)(C)OC[C@H]1O[C@](n2cc(CF)c(=O)[nH]c2=O)([SiH](c2ccccc2)c2ccccc2)[C@H](Br)[C@@H]1O. The Kier molecular flexibility index (Phi) is 7.82. The Labute approximate surface area is 218 Å². The molecule has 10 heteroatoms. The Morgan fingerprint density at radius 1 is 1.11 bits per heavy atom. The Morgan fingerprint density at radius 3 is 2.17 bits per heavy atom. The van der Waals surface area contributed by atoms with E-state index in [-0.39, 0.29) is 12.2 Å². The van der Waals surface area contributed by atoms with Crippen molar-refractivity contribution in [2.75, 3.05) is 6.61 Å². The van der Waals surface area contributed by atoms with Gasteiger partial charge in [0.05, 0.1) is 28.7 Å². The molecule has 0 bridgehead atoms. The number of aliphatic hydroxyl groups is 1. The second-order valence-electron chi connectivity index (χ2n) is 9.90. The molecule has 0 saturated carbocycles. The molecule has 2 aromatic carbocycles. The highest BCUT2D eigenvalue weighted by atomic mass is 79.9. The highest BCUT2D eigenvalue weighted by Gasteiger charge is 2.61. The molecule has 3 aromatic rings. The maximum absolute atomic E-state index is 13.8. The Bertz CT molecular complexity index is 1260. The maximum atomic E-state index is 13.8. The molecule has 36 heavy (non-hydrogen) atoms. The number of rotatable bonds is 7. The van der Waals surface area contributed by atoms with Crippen LogP contribution in [0.5, 0.6) is 0 Å². The van der Waals surface area contributed by atoms with Gasteiger partial charge in [-0.3, -0.25) is 14.3 Å². The Hall–Kier alpha value is -2.37. The summed E-state index contributed by atoms with van der Waals surface area (Å²) in [5.74, 6) is 0. The number of H-pyrrole nitrogens is 1. The zero-order valence-corrected chi connectivity index (χ0v) is 23.1. The van der Waals surface area contributed by atoms with E-state index >= 15 is 0 Å². The minimum absolute atomic E-state index is 0.0767. The monoisotopic (exact) mass is 576 g/mol. The minimum atomic E-state index is -2.61. The van der Waals surface area contributed by atoms with Crippen LogP contribution in [0.1, 0.15) is 26.3 Å². The van der Waals surface area contributed by atoms with E-state index < -0.39 is 54.7 Å². The van der Waals surface area contributed by atoms with Crippen LogP contribution in [0.25, 0.3) is 0 Å². The molecule has 0 spiro atoms. The van der Waals surface area contributed by atoms with Crippen molar-refractivity contribution in [3.63, 3.8) is 0 Å². The number of nitrogens with one attached hydrogen (secondary N) is 1. The first-order valence-electron chi connectivity index (χ1n) is 11.7. The van der Waals surface area contributed by atoms with E-state index in [1.54, 1.807) is 0 Å². The third-order valence-electron chi connectivity index (χ3n) is 6.31. The number of nitrogens with zero attached hydrogens (tertiary/aromatic N) is 1. The summed E-state index contributed by atoms with van der Waals surface area (Å²) in [7, 11) is -2.61. The van der Waals surface area contributed by atoms with Gasteiger partial charge >= 0.3 is 5.69 Å². The van der Waals surface area contributed by atoms with E-state index in [1.165, 1.54) is 10.8 Å². The largest absolute Gasteiger partial charge is 0.389 e. The summed E-state index contributed by atoms with van der Waals surface area (Å²) in [4.78, 5) is 27.1. The third kappa shape index (κ3) is 5.05. The molecular formula is C26H30BrFN2O5Si. The van der Waals surface area contributed by atoms with E-state index in [2.05, 4.69) is 20.9 Å². The van der Waals surface area contributed by atoms with Crippen LogP contribution in [0.15, 0.2) is 76.4 Å².